The molecule has 0 unspecified atom stereocenters. The van der Waals surface area contributed by atoms with Crippen molar-refractivity contribution in [2.75, 3.05) is 13.2 Å². The first kappa shape index (κ1) is 19.7. The van der Waals surface area contributed by atoms with Crippen molar-refractivity contribution in [1.29, 1.82) is 0 Å². The van der Waals surface area contributed by atoms with Gasteiger partial charge in [-0.1, -0.05) is 56.1 Å². The lowest BCUT2D eigenvalue weighted by Crippen LogP contribution is -2.14. The second kappa shape index (κ2) is 16.8. The van der Waals surface area contributed by atoms with Crippen LogP contribution in [0.4, 0.5) is 0 Å². The molecule has 0 heterocycles. The normalized spacial score (nSPS) is 11.8. The average molecular weight is 290 g/mol. The Balaban J connectivity index is 3.81. The third-order valence-electron chi connectivity index (χ3n) is 2.68. The highest BCUT2D eigenvalue weighted by Gasteiger charge is 2.00. The summed E-state index contributed by atoms with van der Waals surface area (Å²) in [5.74, 6) is 5.85. The Morgan fingerprint density at radius 2 is 1.67 bits per heavy atom. The van der Waals surface area contributed by atoms with Crippen LogP contribution in [0.5, 0.6) is 0 Å². The van der Waals surface area contributed by atoms with E-state index in [1.807, 2.05) is 32.1 Å². The van der Waals surface area contributed by atoms with Crippen LogP contribution in [-0.4, -0.2) is 19.5 Å². The van der Waals surface area contributed by atoms with Crippen LogP contribution in [0, 0.1) is 11.8 Å². The molecule has 0 aromatic heterocycles. The van der Waals surface area contributed by atoms with Crippen LogP contribution in [0.15, 0.2) is 36.5 Å². The highest BCUT2D eigenvalue weighted by Crippen LogP contribution is 2.00. The Hall–Kier alpha value is -1.30. The molecule has 0 fully saturated rings. The summed E-state index contributed by atoms with van der Waals surface area (Å²) in [7, 11) is 0. The fraction of sp³-hybridized carbons (Fsp3) is 0.579. The molecule has 2 heteroatoms. The van der Waals surface area contributed by atoms with Gasteiger partial charge < -0.3 is 9.47 Å². The molecule has 0 aliphatic rings. The average Bonchev–Trinajstić information content (AvgIpc) is 2.48. The van der Waals surface area contributed by atoms with E-state index < -0.39 is 6.29 Å². The summed E-state index contributed by atoms with van der Waals surface area (Å²) >= 11 is 0. The van der Waals surface area contributed by atoms with E-state index in [0.717, 1.165) is 6.42 Å². The number of rotatable bonds is 11. The van der Waals surface area contributed by atoms with Crippen LogP contribution >= 0.6 is 0 Å². The predicted molar refractivity (Wildman–Crippen MR) is 91.0 cm³/mol. The van der Waals surface area contributed by atoms with Crippen LogP contribution < -0.4 is 0 Å². The summed E-state index contributed by atoms with van der Waals surface area (Å²) in [5.41, 5.74) is 0. The van der Waals surface area contributed by atoms with Crippen molar-refractivity contribution in [3.8, 4) is 11.8 Å². The third-order valence-corrected chi connectivity index (χ3v) is 2.68. The first-order valence-corrected chi connectivity index (χ1v) is 8.06. The molecule has 0 rings (SSSR count). The highest BCUT2D eigenvalue weighted by molar-refractivity contribution is 5.20. The molecule has 0 aromatic carbocycles. The molecular weight excluding hydrogens is 260 g/mol. The zero-order valence-corrected chi connectivity index (χ0v) is 13.8. The van der Waals surface area contributed by atoms with Crippen LogP contribution in [0.1, 0.15) is 52.9 Å². The molecule has 0 amide bonds. The van der Waals surface area contributed by atoms with Gasteiger partial charge in [-0.25, -0.2) is 0 Å². The summed E-state index contributed by atoms with van der Waals surface area (Å²) in [5, 5.41) is 0. The van der Waals surface area contributed by atoms with E-state index >= 15 is 0 Å². The van der Waals surface area contributed by atoms with Crippen molar-refractivity contribution in [2.24, 2.45) is 0 Å². The second-order valence-electron chi connectivity index (χ2n) is 4.52. The van der Waals surface area contributed by atoms with Crippen molar-refractivity contribution < 1.29 is 9.47 Å². The van der Waals surface area contributed by atoms with Gasteiger partial charge in [-0.05, 0) is 45.1 Å². The van der Waals surface area contributed by atoms with Crippen molar-refractivity contribution in [3.63, 3.8) is 0 Å². The Bertz CT molecular complexity index is 349. The van der Waals surface area contributed by atoms with Gasteiger partial charge in [0.2, 0.25) is 6.29 Å². The molecule has 0 N–H and O–H groups in total. The number of hydrogen-bond donors (Lipinski definition) is 0. The molecule has 0 aliphatic carbocycles. The summed E-state index contributed by atoms with van der Waals surface area (Å²) in [4.78, 5) is 0. The number of ether oxygens (including phenoxy) is 2. The topological polar surface area (TPSA) is 18.5 Å². The van der Waals surface area contributed by atoms with Gasteiger partial charge >= 0.3 is 0 Å². The molecular formula is C19H30O2. The number of hydrogen-bond acceptors (Lipinski definition) is 2. The van der Waals surface area contributed by atoms with E-state index in [9.17, 15) is 0 Å². The molecule has 118 valence electrons. The van der Waals surface area contributed by atoms with Crippen molar-refractivity contribution in [2.45, 2.75) is 59.2 Å². The molecule has 21 heavy (non-hydrogen) atoms. The zero-order chi connectivity index (χ0) is 15.6. The van der Waals surface area contributed by atoms with Crippen LogP contribution in [0.25, 0.3) is 0 Å². The summed E-state index contributed by atoms with van der Waals surface area (Å²) in [6.45, 7) is 7.30. The highest BCUT2D eigenvalue weighted by atomic mass is 16.7. The van der Waals surface area contributed by atoms with E-state index in [-0.39, 0.29) is 0 Å². The van der Waals surface area contributed by atoms with Crippen LogP contribution in [-0.2, 0) is 9.47 Å². The molecule has 0 bridgehead atoms. The van der Waals surface area contributed by atoms with Gasteiger partial charge in [0.05, 0.1) is 0 Å². The molecule has 0 aromatic rings. The molecule has 0 aliphatic heterocycles. The standard InChI is InChI=1S/C19H30O2/c1-4-7-8-9-10-11-12-13-14-15-16-17-18-19(20-5-2)21-6-3/h10-11,13-16,19H,4-9,12H2,1-3H3. The Kier molecular flexibility index (Phi) is 15.7. The van der Waals surface area contributed by atoms with Gasteiger partial charge in [-0.3, -0.25) is 0 Å². The Labute approximate surface area is 130 Å². The SMILES string of the molecule is CCCCCC=CCC=CC=CC#CC(OCC)OCC. The van der Waals surface area contributed by atoms with Gasteiger partial charge in [-0.15, -0.1) is 0 Å². The first-order valence-electron chi connectivity index (χ1n) is 8.06. The fourth-order valence-corrected chi connectivity index (χ4v) is 1.62. The van der Waals surface area contributed by atoms with Crippen LogP contribution in [0.3, 0.4) is 0 Å². The van der Waals surface area contributed by atoms with Gasteiger partial charge in [0, 0.05) is 13.2 Å². The maximum atomic E-state index is 5.33. The van der Waals surface area contributed by atoms with Crippen molar-refractivity contribution in [1.82, 2.24) is 0 Å². The van der Waals surface area contributed by atoms with E-state index in [2.05, 4.69) is 37.0 Å². The maximum Gasteiger partial charge on any atom is 0.222 e. The van der Waals surface area contributed by atoms with Crippen molar-refractivity contribution >= 4 is 0 Å². The maximum absolute atomic E-state index is 5.33. The Morgan fingerprint density at radius 1 is 0.905 bits per heavy atom. The molecule has 0 saturated carbocycles. The Morgan fingerprint density at radius 3 is 2.33 bits per heavy atom. The lowest BCUT2D eigenvalue weighted by atomic mass is 10.2. The largest absolute Gasteiger partial charge is 0.342 e. The van der Waals surface area contributed by atoms with Gasteiger partial charge in [0.15, 0.2) is 0 Å². The van der Waals surface area contributed by atoms with E-state index in [0.29, 0.717) is 13.2 Å². The zero-order valence-electron chi connectivity index (χ0n) is 13.8. The minimum Gasteiger partial charge on any atom is -0.342 e. The lowest BCUT2D eigenvalue weighted by molar-refractivity contribution is -0.0969. The van der Waals surface area contributed by atoms with E-state index in [1.54, 1.807) is 0 Å². The first-order chi connectivity index (χ1) is 10.3. The number of unbranched alkanes of at least 4 members (excludes halogenated alkanes) is 3. The van der Waals surface area contributed by atoms with Gasteiger partial charge in [-0.2, -0.15) is 0 Å². The lowest BCUT2D eigenvalue weighted by Gasteiger charge is -2.09. The quantitative estimate of drug-likeness (QED) is 0.175. The summed E-state index contributed by atoms with van der Waals surface area (Å²) < 4.78 is 10.7. The monoisotopic (exact) mass is 290 g/mol. The number of allylic oxidation sites excluding steroid dienone is 6. The van der Waals surface area contributed by atoms with Gasteiger partial charge in [0.25, 0.3) is 0 Å². The third kappa shape index (κ3) is 14.9. The minimum absolute atomic E-state index is 0.417. The van der Waals surface area contributed by atoms with E-state index in [1.165, 1.54) is 25.7 Å². The van der Waals surface area contributed by atoms with Crippen LogP contribution in [0.2, 0.25) is 0 Å². The second-order valence-corrected chi connectivity index (χ2v) is 4.52. The molecule has 2 nitrogen and oxygen atoms in total. The minimum atomic E-state index is -0.417. The fourth-order valence-electron chi connectivity index (χ4n) is 1.62. The molecule has 0 atom stereocenters. The molecule has 0 saturated heterocycles. The van der Waals surface area contributed by atoms with Gasteiger partial charge in [0.1, 0.15) is 0 Å². The summed E-state index contributed by atoms with van der Waals surface area (Å²) in [6, 6.07) is 0. The predicted octanol–water partition coefficient (Wildman–Crippen LogP) is 5.03. The van der Waals surface area contributed by atoms with Crippen molar-refractivity contribution in [3.05, 3.63) is 36.5 Å². The molecule has 0 spiro atoms. The summed E-state index contributed by atoms with van der Waals surface area (Å²) in [6.07, 6.45) is 18.0. The van der Waals surface area contributed by atoms with E-state index in [4.69, 9.17) is 9.47 Å². The molecule has 0 radical (unpaired) electrons. The smallest absolute Gasteiger partial charge is 0.222 e.